The molecule has 30 heavy (non-hydrogen) atoms. The van der Waals surface area contributed by atoms with Gasteiger partial charge in [0.25, 0.3) is 0 Å². The van der Waals surface area contributed by atoms with Gasteiger partial charge in [0.05, 0.1) is 11.8 Å². The Morgan fingerprint density at radius 2 is 1.73 bits per heavy atom. The van der Waals surface area contributed by atoms with E-state index in [2.05, 4.69) is 72.8 Å². The number of carbonyl (C=O) groups excluding carboxylic acids is 2. The Hall–Kier alpha value is -2.63. The van der Waals surface area contributed by atoms with Crippen LogP contribution in [-0.2, 0) is 15.0 Å². The number of allylic oxidation sites excluding steroid dienone is 2. The summed E-state index contributed by atoms with van der Waals surface area (Å²) in [5, 5.41) is 6.64. The first-order chi connectivity index (χ1) is 14.3. The number of amides is 2. The molecule has 1 aliphatic heterocycles. The van der Waals surface area contributed by atoms with Crippen LogP contribution < -0.4 is 10.6 Å². The van der Waals surface area contributed by atoms with E-state index < -0.39 is 0 Å². The SMILES string of the molecule is CN=C(NCCN1C(=O)C2C3C=CC(C3)C2C1=O)NCC(C)(C)c1ccccc1C. The zero-order valence-electron chi connectivity index (χ0n) is 18.3. The van der Waals surface area contributed by atoms with Crippen molar-refractivity contribution in [1.29, 1.82) is 0 Å². The van der Waals surface area contributed by atoms with E-state index in [-0.39, 0.29) is 40.9 Å². The number of fused-ring (bicyclic) bond motifs is 5. The molecule has 2 aliphatic carbocycles. The molecule has 0 spiro atoms. The Kier molecular flexibility index (Phi) is 5.43. The van der Waals surface area contributed by atoms with Crippen molar-refractivity contribution in [3.8, 4) is 0 Å². The first kappa shape index (κ1) is 20.6. The van der Waals surface area contributed by atoms with E-state index in [0.717, 1.165) is 13.0 Å². The second-order valence-corrected chi connectivity index (χ2v) is 9.38. The molecule has 0 radical (unpaired) electrons. The highest BCUT2D eigenvalue weighted by Gasteiger charge is 2.58. The third-order valence-electron chi connectivity index (χ3n) is 6.99. The molecule has 6 heteroatoms. The predicted octanol–water partition coefficient (Wildman–Crippen LogP) is 2.24. The van der Waals surface area contributed by atoms with Crippen molar-refractivity contribution in [3.05, 3.63) is 47.5 Å². The summed E-state index contributed by atoms with van der Waals surface area (Å²) in [6, 6.07) is 8.42. The Balaban J connectivity index is 1.29. The van der Waals surface area contributed by atoms with Gasteiger partial charge in [-0.3, -0.25) is 19.5 Å². The number of nitrogens with one attached hydrogen (secondary N) is 2. The van der Waals surface area contributed by atoms with Crippen LogP contribution in [0.4, 0.5) is 0 Å². The molecule has 160 valence electrons. The first-order valence-corrected chi connectivity index (χ1v) is 10.9. The molecule has 0 aromatic heterocycles. The number of rotatable bonds is 6. The Bertz CT molecular complexity index is 874. The van der Waals surface area contributed by atoms with Crippen LogP contribution in [0.3, 0.4) is 0 Å². The number of aliphatic imine (C=N–C) groups is 1. The standard InChI is InChI=1S/C24H32N4O2/c1-15-7-5-6-8-18(15)24(2,3)14-27-23(25-4)26-11-12-28-21(29)19-16-9-10-17(13-16)20(19)22(28)30/h5-10,16-17,19-20H,11-14H2,1-4H3,(H2,25,26,27). The van der Waals surface area contributed by atoms with Gasteiger partial charge in [0.15, 0.2) is 5.96 Å². The van der Waals surface area contributed by atoms with Crippen LogP contribution in [0.2, 0.25) is 0 Å². The Labute approximate surface area is 178 Å². The second-order valence-electron chi connectivity index (χ2n) is 9.38. The third-order valence-corrected chi connectivity index (χ3v) is 6.99. The average Bonchev–Trinajstić information content (AvgIpc) is 3.40. The summed E-state index contributed by atoms with van der Waals surface area (Å²) in [6.07, 6.45) is 5.22. The van der Waals surface area contributed by atoms with Crippen LogP contribution in [0.5, 0.6) is 0 Å². The number of guanidine groups is 1. The largest absolute Gasteiger partial charge is 0.356 e. The molecule has 2 amide bonds. The Morgan fingerprint density at radius 3 is 2.33 bits per heavy atom. The average molecular weight is 409 g/mol. The van der Waals surface area contributed by atoms with Gasteiger partial charge in [-0.2, -0.15) is 0 Å². The highest BCUT2D eigenvalue weighted by molar-refractivity contribution is 6.06. The van der Waals surface area contributed by atoms with Gasteiger partial charge in [0.2, 0.25) is 11.8 Å². The van der Waals surface area contributed by atoms with Gasteiger partial charge in [-0.1, -0.05) is 50.3 Å². The van der Waals surface area contributed by atoms with Gasteiger partial charge < -0.3 is 10.6 Å². The van der Waals surface area contributed by atoms with Crippen LogP contribution in [0, 0.1) is 30.6 Å². The summed E-state index contributed by atoms with van der Waals surface area (Å²) in [5.41, 5.74) is 2.51. The second kappa shape index (κ2) is 7.89. The normalized spacial score (nSPS) is 27.7. The number of hydrogen-bond donors (Lipinski definition) is 2. The van der Waals surface area contributed by atoms with Crippen LogP contribution in [0.15, 0.2) is 41.4 Å². The van der Waals surface area contributed by atoms with E-state index in [1.165, 1.54) is 16.0 Å². The van der Waals surface area contributed by atoms with E-state index in [0.29, 0.717) is 19.0 Å². The number of carbonyl (C=O) groups is 2. The van der Waals surface area contributed by atoms with Gasteiger partial charge in [-0.15, -0.1) is 0 Å². The van der Waals surface area contributed by atoms with Crippen molar-refractivity contribution in [2.75, 3.05) is 26.7 Å². The van der Waals surface area contributed by atoms with E-state index >= 15 is 0 Å². The zero-order chi connectivity index (χ0) is 21.5. The molecule has 1 heterocycles. The lowest BCUT2D eigenvalue weighted by molar-refractivity contribution is -0.140. The van der Waals surface area contributed by atoms with Crippen molar-refractivity contribution < 1.29 is 9.59 Å². The fraction of sp³-hybridized carbons (Fsp3) is 0.542. The lowest BCUT2D eigenvalue weighted by Crippen LogP contribution is -2.46. The highest BCUT2D eigenvalue weighted by Crippen LogP contribution is 2.52. The van der Waals surface area contributed by atoms with Gasteiger partial charge in [0, 0.05) is 32.1 Å². The van der Waals surface area contributed by atoms with Gasteiger partial charge in [-0.25, -0.2) is 0 Å². The summed E-state index contributed by atoms with van der Waals surface area (Å²) < 4.78 is 0. The highest BCUT2D eigenvalue weighted by atomic mass is 16.2. The molecule has 1 aromatic rings. The molecular weight excluding hydrogens is 376 g/mol. The first-order valence-electron chi connectivity index (χ1n) is 10.9. The number of aryl methyl sites for hydroxylation is 1. The molecular formula is C24H32N4O2. The monoisotopic (exact) mass is 408 g/mol. The number of hydrogen-bond acceptors (Lipinski definition) is 3. The van der Waals surface area contributed by atoms with Gasteiger partial charge in [0.1, 0.15) is 0 Å². The topological polar surface area (TPSA) is 73.8 Å². The summed E-state index contributed by atoms with van der Waals surface area (Å²) >= 11 is 0. The molecule has 2 fully saturated rings. The lowest BCUT2D eigenvalue weighted by atomic mass is 9.82. The fourth-order valence-electron chi connectivity index (χ4n) is 5.42. The number of nitrogens with zero attached hydrogens (tertiary/aromatic N) is 2. The van der Waals surface area contributed by atoms with E-state index in [4.69, 9.17) is 0 Å². The van der Waals surface area contributed by atoms with Crippen LogP contribution >= 0.6 is 0 Å². The molecule has 2 N–H and O–H groups in total. The van der Waals surface area contributed by atoms with Crippen LogP contribution in [-0.4, -0.2) is 49.4 Å². The number of benzene rings is 1. The smallest absolute Gasteiger partial charge is 0.233 e. The van der Waals surface area contributed by atoms with E-state index in [9.17, 15) is 9.59 Å². The van der Waals surface area contributed by atoms with E-state index in [1.807, 2.05) is 0 Å². The van der Waals surface area contributed by atoms with Crippen LogP contribution in [0.25, 0.3) is 0 Å². The summed E-state index contributed by atoms with van der Waals surface area (Å²) in [5.74, 6) is 0.956. The fourth-order valence-corrected chi connectivity index (χ4v) is 5.42. The molecule has 1 aromatic carbocycles. The maximum atomic E-state index is 12.8. The maximum absolute atomic E-state index is 12.8. The summed E-state index contributed by atoms with van der Waals surface area (Å²) in [6.45, 7) is 8.14. The number of likely N-dealkylation sites (tertiary alicyclic amines) is 1. The minimum absolute atomic E-state index is 0.00674. The molecule has 4 atom stereocenters. The minimum atomic E-state index is -0.125. The maximum Gasteiger partial charge on any atom is 0.233 e. The minimum Gasteiger partial charge on any atom is -0.356 e. The van der Waals surface area contributed by atoms with Gasteiger partial charge in [-0.05, 0) is 36.3 Å². The third kappa shape index (κ3) is 3.53. The van der Waals surface area contributed by atoms with Crippen molar-refractivity contribution in [2.45, 2.75) is 32.6 Å². The molecule has 3 aliphatic rings. The quantitative estimate of drug-likeness (QED) is 0.328. The molecule has 4 unspecified atom stereocenters. The van der Waals surface area contributed by atoms with Crippen LogP contribution in [0.1, 0.15) is 31.4 Å². The van der Waals surface area contributed by atoms with Crippen molar-refractivity contribution >= 4 is 17.8 Å². The summed E-state index contributed by atoms with van der Waals surface area (Å²) in [4.78, 5) is 31.3. The predicted molar refractivity (Wildman–Crippen MR) is 118 cm³/mol. The lowest BCUT2D eigenvalue weighted by Gasteiger charge is -2.28. The van der Waals surface area contributed by atoms with Crippen molar-refractivity contribution in [3.63, 3.8) is 0 Å². The zero-order valence-corrected chi connectivity index (χ0v) is 18.3. The number of imide groups is 1. The molecule has 4 rings (SSSR count). The van der Waals surface area contributed by atoms with Crippen molar-refractivity contribution in [1.82, 2.24) is 15.5 Å². The molecule has 2 bridgehead atoms. The summed E-state index contributed by atoms with van der Waals surface area (Å²) in [7, 11) is 1.73. The molecule has 6 nitrogen and oxygen atoms in total. The van der Waals surface area contributed by atoms with Crippen molar-refractivity contribution in [2.24, 2.45) is 28.7 Å². The Morgan fingerprint density at radius 1 is 1.10 bits per heavy atom. The van der Waals surface area contributed by atoms with Gasteiger partial charge >= 0.3 is 0 Å². The van der Waals surface area contributed by atoms with E-state index in [1.54, 1.807) is 7.05 Å². The molecule has 1 saturated heterocycles. The molecule has 1 saturated carbocycles.